The smallest absolute Gasteiger partial charge is 0.138 e. The van der Waals surface area contributed by atoms with Gasteiger partial charge < -0.3 is 10.5 Å². The summed E-state index contributed by atoms with van der Waals surface area (Å²) in [4.78, 5) is 0. The largest absolute Gasteiger partial charge is 0.491 e. The van der Waals surface area contributed by atoms with Gasteiger partial charge in [0.1, 0.15) is 5.75 Å². The quantitative estimate of drug-likeness (QED) is 0.613. The molecular formula is C11H15ClN2O. The van der Waals surface area contributed by atoms with E-state index in [0.717, 1.165) is 5.56 Å². The van der Waals surface area contributed by atoms with Crippen LogP contribution in [0.1, 0.15) is 12.5 Å². The molecule has 0 spiro atoms. The fraction of sp³-hybridized carbons (Fsp3) is 0.364. The van der Waals surface area contributed by atoms with Gasteiger partial charge >= 0.3 is 0 Å². The van der Waals surface area contributed by atoms with Crippen molar-refractivity contribution in [2.24, 2.45) is 11.7 Å². The topological polar surface area (TPSA) is 59.1 Å². The summed E-state index contributed by atoms with van der Waals surface area (Å²) in [5.74, 6) is 0.671. The van der Waals surface area contributed by atoms with Gasteiger partial charge in [-0.2, -0.15) is 0 Å². The lowest BCUT2D eigenvalue weighted by atomic mass is 10.2. The molecule has 0 saturated carbocycles. The van der Waals surface area contributed by atoms with Crippen molar-refractivity contribution >= 4 is 17.4 Å². The minimum Gasteiger partial charge on any atom is -0.491 e. The van der Waals surface area contributed by atoms with Crippen LogP contribution in [0.2, 0.25) is 5.02 Å². The summed E-state index contributed by atoms with van der Waals surface area (Å²) in [6.45, 7) is 4.18. The highest BCUT2D eigenvalue weighted by Crippen LogP contribution is 2.25. The van der Waals surface area contributed by atoms with Crippen molar-refractivity contribution in [3.8, 4) is 5.75 Å². The Kier molecular flexibility index (Phi) is 3.97. The molecule has 0 aliphatic heterocycles. The number of hydrogen-bond donors (Lipinski definition) is 2. The minimum absolute atomic E-state index is 0.0958. The number of amidine groups is 1. The Labute approximate surface area is 94.7 Å². The van der Waals surface area contributed by atoms with Crippen molar-refractivity contribution in [3.63, 3.8) is 0 Å². The summed E-state index contributed by atoms with van der Waals surface area (Å²) >= 11 is 5.95. The number of hydrogen-bond acceptors (Lipinski definition) is 2. The lowest BCUT2D eigenvalue weighted by molar-refractivity contribution is 0.292. The van der Waals surface area contributed by atoms with Crippen molar-refractivity contribution in [3.05, 3.63) is 28.8 Å². The van der Waals surface area contributed by atoms with Gasteiger partial charge in [-0.3, -0.25) is 5.41 Å². The van der Waals surface area contributed by atoms with Crippen LogP contribution in [0.15, 0.2) is 18.2 Å². The Bertz CT molecular complexity index is 366. The number of nitrogens with two attached hydrogens (primary N) is 1. The molecule has 0 saturated heterocycles. The predicted molar refractivity (Wildman–Crippen MR) is 62.8 cm³/mol. The van der Waals surface area contributed by atoms with Crippen LogP contribution in [-0.2, 0) is 0 Å². The van der Waals surface area contributed by atoms with Crippen LogP contribution in [0.3, 0.4) is 0 Å². The molecule has 0 aliphatic carbocycles. The summed E-state index contributed by atoms with van der Waals surface area (Å²) < 4.78 is 5.49. The van der Waals surface area contributed by atoms with E-state index in [1.165, 1.54) is 0 Å². The number of aryl methyl sites for hydroxylation is 1. The molecule has 0 amide bonds. The van der Waals surface area contributed by atoms with E-state index in [9.17, 15) is 0 Å². The highest BCUT2D eigenvalue weighted by atomic mass is 35.5. The van der Waals surface area contributed by atoms with Crippen LogP contribution < -0.4 is 10.5 Å². The average Bonchev–Trinajstić information content (AvgIpc) is 2.18. The predicted octanol–water partition coefficient (Wildman–Crippen LogP) is 2.60. The van der Waals surface area contributed by atoms with Gasteiger partial charge in [-0.25, -0.2) is 0 Å². The molecule has 0 aliphatic rings. The van der Waals surface area contributed by atoms with Gasteiger partial charge in [-0.15, -0.1) is 0 Å². The van der Waals surface area contributed by atoms with E-state index in [4.69, 9.17) is 27.5 Å². The van der Waals surface area contributed by atoms with E-state index in [2.05, 4.69) is 0 Å². The second-order valence-electron chi connectivity index (χ2n) is 3.60. The van der Waals surface area contributed by atoms with E-state index in [1.54, 1.807) is 6.07 Å². The Morgan fingerprint density at radius 1 is 1.60 bits per heavy atom. The van der Waals surface area contributed by atoms with Crippen molar-refractivity contribution in [2.45, 2.75) is 13.8 Å². The summed E-state index contributed by atoms with van der Waals surface area (Å²) in [5.41, 5.74) is 6.43. The molecule has 1 atom stereocenters. The second-order valence-corrected chi connectivity index (χ2v) is 4.01. The highest BCUT2D eigenvalue weighted by molar-refractivity contribution is 6.32. The molecule has 1 unspecified atom stereocenters. The average molecular weight is 227 g/mol. The van der Waals surface area contributed by atoms with Gasteiger partial charge in [-0.05, 0) is 24.6 Å². The third-order valence-electron chi connectivity index (χ3n) is 2.11. The molecule has 15 heavy (non-hydrogen) atoms. The normalized spacial score (nSPS) is 12.2. The molecule has 0 fully saturated rings. The fourth-order valence-electron chi connectivity index (χ4n) is 1.03. The highest BCUT2D eigenvalue weighted by Gasteiger charge is 2.08. The van der Waals surface area contributed by atoms with Crippen molar-refractivity contribution in [2.75, 3.05) is 6.61 Å². The third-order valence-corrected chi connectivity index (χ3v) is 2.42. The number of ether oxygens (including phenoxy) is 1. The Hall–Kier alpha value is -1.22. The van der Waals surface area contributed by atoms with E-state index in [0.29, 0.717) is 17.4 Å². The zero-order valence-electron chi connectivity index (χ0n) is 8.88. The van der Waals surface area contributed by atoms with Crippen LogP contribution in [0.4, 0.5) is 0 Å². The molecule has 1 aromatic rings. The van der Waals surface area contributed by atoms with Gasteiger partial charge in [-0.1, -0.05) is 24.6 Å². The van der Waals surface area contributed by atoms with Crippen LogP contribution in [0.25, 0.3) is 0 Å². The molecule has 3 N–H and O–H groups in total. The van der Waals surface area contributed by atoms with Crippen LogP contribution in [0.5, 0.6) is 5.75 Å². The van der Waals surface area contributed by atoms with Gasteiger partial charge in [0.15, 0.2) is 0 Å². The first-order valence-electron chi connectivity index (χ1n) is 4.73. The molecule has 1 rings (SSSR count). The zero-order chi connectivity index (χ0) is 11.4. The molecule has 0 bridgehead atoms. The number of halogens is 1. The van der Waals surface area contributed by atoms with E-state index < -0.39 is 0 Å². The minimum atomic E-state index is -0.0958. The first-order chi connectivity index (χ1) is 7.00. The fourth-order valence-corrected chi connectivity index (χ4v) is 1.20. The lowest BCUT2D eigenvalue weighted by Gasteiger charge is -2.12. The summed E-state index contributed by atoms with van der Waals surface area (Å²) in [7, 11) is 0. The first-order valence-corrected chi connectivity index (χ1v) is 5.11. The maximum Gasteiger partial charge on any atom is 0.138 e. The SMILES string of the molecule is Cc1ccc(Cl)c(OCC(C)C(=N)N)c1. The molecular weight excluding hydrogens is 212 g/mol. The maximum atomic E-state index is 7.23. The van der Waals surface area contributed by atoms with Gasteiger partial charge in [0.25, 0.3) is 0 Å². The second kappa shape index (κ2) is 5.03. The third kappa shape index (κ3) is 3.44. The van der Waals surface area contributed by atoms with Gasteiger partial charge in [0.05, 0.1) is 17.5 Å². The maximum absolute atomic E-state index is 7.23. The molecule has 3 nitrogen and oxygen atoms in total. The van der Waals surface area contributed by atoms with Gasteiger partial charge in [0, 0.05) is 5.92 Å². The van der Waals surface area contributed by atoms with E-state index in [-0.39, 0.29) is 11.8 Å². The summed E-state index contributed by atoms with van der Waals surface area (Å²) in [6.07, 6.45) is 0. The van der Waals surface area contributed by atoms with E-state index >= 15 is 0 Å². The molecule has 0 radical (unpaired) electrons. The Morgan fingerprint density at radius 2 is 2.27 bits per heavy atom. The monoisotopic (exact) mass is 226 g/mol. The number of nitrogens with one attached hydrogen (secondary N) is 1. The van der Waals surface area contributed by atoms with E-state index in [1.807, 2.05) is 26.0 Å². The van der Waals surface area contributed by atoms with Crippen molar-refractivity contribution in [1.82, 2.24) is 0 Å². The molecule has 82 valence electrons. The zero-order valence-corrected chi connectivity index (χ0v) is 9.64. The molecule has 0 heterocycles. The Morgan fingerprint density at radius 3 is 2.87 bits per heavy atom. The molecule has 1 aromatic carbocycles. The molecule has 0 aromatic heterocycles. The van der Waals surface area contributed by atoms with Crippen LogP contribution >= 0.6 is 11.6 Å². The molecule has 4 heteroatoms. The van der Waals surface area contributed by atoms with Gasteiger partial charge in [0.2, 0.25) is 0 Å². The number of rotatable bonds is 4. The first kappa shape index (κ1) is 11.9. The van der Waals surface area contributed by atoms with Crippen molar-refractivity contribution < 1.29 is 4.74 Å². The standard InChI is InChI=1S/C11H15ClN2O/c1-7-3-4-9(12)10(5-7)15-6-8(2)11(13)14/h3-5,8H,6H2,1-2H3,(H3,13,14). The van der Waals surface area contributed by atoms with Crippen molar-refractivity contribution in [1.29, 1.82) is 5.41 Å². The van der Waals surface area contributed by atoms with Crippen LogP contribution in [0, 0.1) is 18.3 Å². The lowest BCUT2D eigenvalue weighted by Crippen LogP contribution is -2.25. The summed E-state index contributed by atoms with van der Waals surface area (Å²) in [5, 5.41) is 7.81. The summed E-state index contributed by atoms with van der Waals surface area (Å²) in [6, 6.07) is 5.59. The Balaban J connectivity index is 2.65. The van der Waals surface area contributed by atoms with Crippen LogP contribution in [-0.4, -0.2) is 12.4 Å². The number of benzene rings is 1.